The van der Waals surface area contributed by atoms with Crippen LogP contribution in [0.1, 0.15) is 29.0 Å². The summed E-state index contributed by atoms with van der Waals surface area (Å²) < 4.78 is 7.59. The van der Waals surface area contributed by atoms with Crippen LogP contribution in [-0.4, -0.2) is 10.4 Å². The maximum atomic E-state index is 5.25. The third kappa shape index (κ3) is 5.19. The van der Waals surface area contributed by atoms with Gasteiger partial charge in [-0.1, -0.05) is 140 Å². The van der Waals surface area contributed by atoms with Crippen molar-refractivity contribution in [2.45, 2.75) is 12.3 Å². The zero-order chi connectivity index (χ0) is 37.5. The van der Waals surface area contributed by atoms with Crippen molar-refractivity contribution in [1.82, 2.24) is 15.2 Å². The molecule has 1 aliphatic rings. The lowest BCUT2D eigenvalue weighted by molar-refractivity contribution is 0.409. The van der Waals surface area contributed by atoms with Gasteiger partial charge in [-0.25, -0.2) is 4.99 Å². The first-order chi connectivity index (χ1) is 28.3. The Balaban J connectivity index is 1.04. The predicted octanol–water partition coefficient (Wildman–Crippen LogP) is 13.5. The van der Waals surface area contributed by atoms with Crippen molar-refractivity contribution in [3.63, 3.8) is 0 Å². The number of aliphatic imine (C=N–C) groups is 1. The first-order valence-electron chi connectivity index (χ1n) is 19.4. The Morgan fingerprint density at radius 2 is 1.04 bits per heavy atom. The zero-order valence-electron chi connectivity index (χ0n) is 30.7. The molecule has 2 atom stereocenters. The van der Waals surface area contributed by atoms with E-state index < -0.39 is 0 Å². The molecule has 2 unspecified atom stereocenters. The third-order valence-corrected chi connectivity index (χ3v) is 13.7. The summed E-state index contributed by atoms with van der Waals surface area (Å²) in [6.07, 6.45) is -0.257. The molecule has 1 aliphatic heterocycles. The van der Waals surface area contributed by atoms with Gasteiger partial charge in [-0.15, -0.1) is 22.7 Å². The molecule has 2 N–H and O–H groups in total. The van der Waals surface area contributed by atoms with Crippen LogP contribution in [-0.2, 0) is 0 Å². The lowest BCUT2D eigenvalue weighted by Crippen LogP contribution is -2.44. The summed E-state index contributed by atoms with van der Waals surface area (Å²) in [5.74, 6) is 0.892. The summed E-state index contributed by atoms with van der Waals surface area (Å²) in [5.41, 5.74) is 9.60. The molecule has 57 heavy (non-hydrogen) atoms. The van der Waals surface area contributed by atoms with Gasteiger partial charge in [0.1, 0.15) is 18.2 Å². The van der Waals surface area contributed by atoms with Gasteiger partial charge in [0.15, 0.2) is 0 Å². The number of fused-ring (bicyclic) bond motifs is 9. The minimum absolute atomic E-state index is 0.0815. The van der Waals surface area contributed by atoms with Gasteiger partial charge in [-0.2, -0.15) is 0 Å². The molecule has 6 heteroatoms. The van der Waals surface area contributed by atoms with E-state index in [1.54, 1.807) is 0 Å². The average molecular weight is 767 g/mol. The van der Waals surface area contributed by atoms with Gasteiger partial charge in [0.05, 0.1) is 16.7 Å². The van der Waals surface area contributed by atoms with Crippen molar-refractivity contribution < 1.29 is 0 Å². The molecule has 0 fully saturated rings. The normalized spacial score (nSPS) is 15.9. The number of nitrogens with one attached hydrogen (secondary N) is 2. The van der Waals surface area contributed by atoms with Crippen molar-refractivity contribution in [2.24, 2.45) is 4.99 Å². The Labute approximate surface area is 337 Å². The number of benzene rings is 8. The molecule has 3 aromatic heterocycles. The minimum Gasteiger partial charge on any atom is -0.350 e. The van der Waals surface area contributed by atoms with Crippen LogP contribution in [0, 0.1) is 0 Å². The predicted molar refractivity (Wildman–Crippen MR) is 243 cm³/mol. The average Bonchev–Trinajstić information content (AvgIpc) is 3.96. The number of amidine groups is 1. The van der Waals surface area contributed by atoms with E-state index in [0.29, 0.717) is 0 Å². The topological polar surface area (TPSA) is 41.4 Å². The largest absolute Gasteiger partial charge is 0.350 e. The molecule has 8 aromatic carbocycles. The Morgan fingerprint density at radius 1 is 0.456 bits per heavy atom. The molecule has 270 valence electrons. The number of thiophene rings is 2. The summed E-state index contributed by atoms with van der Waals surface area (Å²) in [5, 5.41) is 15.2. The van der Waals surface area contributed by atoms with E-state index in [9.17, 15) is 0 Å². The van der Waals surface area contributed by atoms with Crippen molar-refractivity contribution in [1.29, 1.82) is 0 Å². The van der Waals surface area contributed by atoms with Crippen LogP contribution in [0.3, 0.4) is 0 Å². The van der Waals surface area contributed by atoms with Crippen LogP contribution >= 0.6 is 22.7 Å². The Morgan fingerprint density at radius 3 is 1.75 bits per heavy atom. The number of hydrogen-bond acceptors (Lipinski definition) is 5. The van der Waals surface area contributed by atoms with Gasteiger partial charge in [-0.05, 0) is 64.7 Å². The van der Waals surface area contributed by atoms with Crippen molar-refractivity contribution in [2.75, 3.05) is 0 Å². The van der Waals surface area contributed by atoms with Crippen LogP contribution in [0.5, 0.6) is 0 Å². The first-order valence-corrected chi connectivity index (χ1v) is 21.0. The van der Waals surface area contributed by atoms with Crippen molar-refractivity contribution in [3.8, 4) is 16.8 Å². The van der Waals surface area contributed by atoms with E-state index in [2.05, 4.69) is 197 Å². The van der Waals surface area contributed by atoms with Crippen LogP contribution in [0.15, 0.2) is 187 Å². The second-order valence-corrected chi connectivity index (χ2v) is 16.9. The summed E-state index contributed by atoms with van der Waals surface area (Å²) in [7, 11) is 0. The van der Waals surface area contributed by atoms with Gasteiger partial charge in [0.25, 0.3) is 0 Å². The number of nitrogens with zero attached hydrogens (tertiary/aromatic N) is 2. The molecule has 11 aromatic rings. The molecular weight excluding hydrogens is 733 g/mol. The molecule has 0 bridgehead atoms. The van der Waals surface area contributed by atoms with E-state index in [4.69, 9.17) is 4.99 Å². The molecular formula is C51H34N4S2. The number of hydrogen-bond donors (Lipinski definition) is 2. The quantitative estimate of drug-likeness (QED) is 0.183. The monoisotopic (exact) mass is 766 g/mol. The Kier molecular flexibility index (Phi) is 7.45. The minimum atomic E-state index is -0.175. The van der Waals surface area contributed by atoms with Crippen LogP contribution in [0.25, 0.3) is 79.0 Å². The van der Waals surface area contributed by atoms with E-state index >= 15 is 0 Å². The Hall–Kier alpha value is -6.57. The smallest absolute Gasteiger partial charge is 0.131 e. The summed E-state index contributed by atoms with van der Waals surface area (Å²) in [6, 6.07) is 66.0. The highest BCUT2D eigenvalue weighted by atomic mass is 32.1. The Bertz CT molecular complexity index is 3320. The van der Waals surface area contributed by atoms with Gasteiger partial charge < -0.3 is 9.88 Å². The highest BCUT2D eigenvalue weighted by Gasteiger charge is 2.26. The molecule has 4 heterocycles. The fraction of sp³-hybridized carbons (Fsp3) is 0.0392. The zero-order valence-corrected chi connectivity index (χ0v) is 32.3. The van der Waals surface area contributed by atoms with E-state index in [-0.39, 0.29) is 12.3 Å². The molecule has 0 spiro atoms. The molecule has 12 rings (SSSR count). The highest BCUT2D eigenvalue weighted by molar-refractivity contribution is 7.26. The first kappa shape index (κ1) is 32.7. The second kappa shape index (κ2) is 13.0. The van der Waals surface area contributed by atoms with Crippen LogP contribution in [0.4, 0.5) is 0 Å². The van der Waals surface area contributed by atoms with Gasteiger partial charge in [-0.3, -0.25) is 5.32 Å². The number of para-hydroxylation sites is 2. The maximum Gasteiger partial charge on any atom is 0.131 e. The maximum absolute atomic E-state index is 5.25. The third-order valence-electron chi connectivity index (χ3n) is 11.5. The summed E-state index contributed by atoms with van der Waals surface area (Å²) >= 11 is 3.74. The van der Waals surface area contributed by atoms with E-state index in [1.165, 1.54) is 84.5 Å². The van der Waals surface area contributed by atoms with Gasteiger partial charge in [0.2, 0.25) is 0 Å². The highest BCUT2D eigenvalue weighted by Crippen LogP contribution is 2.47. The molecule has 0 saturated carbocycles. The van der Waals surface area contributed by atoms with Gasteiger partial charge in [0, 0.05) is 56.7 Å². The van der Waals surface area contributed by atoms with Crippen LogP contribution < -0.4 is 10.6 Å². The molecule has 0 amide bonds. The summed E-state index contributed by atoms with van der Waals surface area (Å²) in [6.45, 7) is 0. The molecule has 0 aliphatic carbocycles. The lowest BCUT2D eigenvalue weighted by Gasteiger charge is -2.32. The second-order valence-electron chi connectivity index (χ2n) is 14.7. The summed E-state index contributed by atoms with van der Waals surface area (Å²) in [4.78, 5) is 5.25. The van der Waals surface area contributed by atoms with Crippen LogP contribution in [0.2, 0.25) is 0 Å². The standard InChI is InChI=1S/C51H34N4S2/c1-3-14-31(15-4-1)49-52-50(32-16-5-2-6-17-32)54-51(53-49)33-28-29-38-45(30-33)57-42-25-11-20-36(46(38)42)37-21-12-26-43-47(37)48-41(24-13-27-44(48)56-43)55-39-22-9-7-18-34(39)35-19-8-10-23-40(35)55/h1-30,49-50,52H,(H,53,54). The van der Waals surface area contributed by atoms with Gasteiger partial charge >= 0.3 is 0 Å². The SMILES string of the molecule is c1ccc(C2N=C(c3ccc4c(c3)sc3cccc(-c5cccc6sc7cccc(-n8c9ccccc9c9ccccc98)c7c56)c34)NC(c3ccccc3)N2)cc1. The molecule has 0 saturated heterocycles. The lowest BCUT2D eigenvalue weighted by atomic mass is 9.94. The molecule has 4 nitrogen and oxygen atoms in total. The van der Waals surface area contributed by atoms with E-state index in [0.717, 1.165) is 17.0 Å². The fourth-order valence-corrected chi connectivity index (χ4v) is 11.3. The van der Waals surface area contributed by atoms with Crippen molar-refractivity contribution in [3.05, 3.63) is 199 Å². The van der Waals surface area contributed by atoms with Crippen molar-refractivity contribution >= 4 is 90.7 Å². The number of rotatable bonds is 5. The fourth-order valence-electron chi connectivity index (χ4n) is 8.97. The molecule has 0 radical (unpaired) electrons. The van der Waals surface area contributed by atoms with E-state index in [1.807, 2.05) is 22.7 Å². The number of aromatic nitrogens is 1.